The molecule has 3 aromatic rings. The molecule has 0 radical (unpaired) electrons. The third-order valence-corrected chi connectivity index (χ3v) is 9.89. The maximum Gasteiger partial charge on any atom is 0.407 e. The number of nitrogens with zero attached hydrogens (tertiary/aromatic N) is 3. The van der Waals surface area contributed by atoms with Crippen LogP contribution in [0.5, 0.6) is 5.75 Å². The van der Waals surface area contributed by atoms with Gasteiger partial charge >= 0.3 is 6.09 Å². The molecule has 2 heterocycles. The molecule has 0 aliphatic heterocycles. The summed E-state index contributed by atoms with van der Waals surface area (Å²) >= 11 is 0. The average molecular weight is 631 g/mol. The van der Waals surface area contributed by atoms with Gasteiger partial charge < -0.3 is 24.3 Å². The molecule has 0 atom stereocenters. The summed E-state index contributed by atoms with van der Waals surface area (Å²) in [5.74, 6) is 3.56. The first kappa shape index (κ1) is 32.0. The number of methoxy groups -OCH3 is 1. The van der Waals surface area contributed by atoms with Crippen LogP contribution in [0.15, 0.2) is 47.2 Å². The maximum atomic E-state index is 14.3. The number of nitrogens with one attached hydrogen (secondary N) is 1. The van der Waals surface area contributed by atoms with Crippen molar-refractivity contribution in [2.75, 3.05) is 31.7 Å². The summed E-state index contributed by atoms with van der Waals surface area (Å²) in [5.41, 5.74) is 4.18. The number of alkyl carbamates (subject to hydrolysis) is 1. The van der Waals surface area contributed by atoms with Crippen molar-refractivity contribution in [1.29, 1.82) is 0 Å². The van der Waals surface area contributed by atoms with Crippen LogP contribution in [0, 0.1) is 18.8 Å². The first-order valence-corrected chi connectivity index (χ1v) is 16.8. The number of anilines is 1. The summed E-state index contributed by atoms with van der Waals surface area (Å²) in [6, 6.07) is 10.4. The Morgan fingerprint density at radius 1 is 1.00 bits per heavy atom. The van der Waals surface area contributed by atoms with Gasteiger partial charge in [0, 0.05) is 36.7 Å². The predicted octanol–water partition coefficient (Wildman–Crippen LogP) is 6.52. The van der Waals surface area contributed by atoms with Gasteiger partial charge in [-0.1, -0.05) is 12.1 Å². The van der Waals surface area contributed by atoms with E-state index in [1.165, 1.54) is 5.56 Å². The Labute approximate surface area is 270 Å². The van der Waals surface area contributed by atoms with Gasteiger partial charge in [0.25, 0.3) is 0 Å². The van der Waals surface area contributed by atoms with Crippen LogP contribution in [0.2, 0.25) is 0 Å². The summed E-state index contributed by atoms with van der Waals surface area (Å²) in [6.45, 7) is 2.74. The number of aliphatic hydroxyl groups is 1. The Bertz CT molecular complexity index is 1490. The number of benzene rings is 1. The molecule has 3 aliphatic rings. The number of hydrogen-bond donors (Lipinski definition) is 2. The van der Waals surface area contributed by atoms with Crippen LogP contribution in [0.25, 0.3) is 11.3 Å². The number of aryl methyl sites for hydroxylation is 1. The molecule has 0 saturated heterocycles. The summed E-state index contributed by atoms with van der Waals surface area (Å²) in [7, 11) is 1.71. The second-order valence-electron chi connectivity index (χ2n) is 13.2. The largest absolute Gasteiger partial charge is 0.496 e. The zero-order valence-electron chi connectivity index (χ0n) is 27.0. The molecule has 2 amide bonds. The van der Waals surface area contributed by atoms with Crippen LogP contribution >= 0.6 is 0 Å². The van der Waals surface area contributed by atoms with E-state index in [1.807, 2.05) is 17.0 Å². The normalized spacial score (nSPS) is 23.0. The quantitative estimate of drug-likeness (QED) is 0.245. The number of carbonyl (C=O) groups is 2. The fraction of sp³-hybridized carbons (Fsp3) is 0.556. The number of carbonyl (C=O) groups excluding carboxylic acids is 2. The van der Waals surface area contributed by atoms with E-state index in [0.717, 1.165) is 67.0 Å². The van der Waals surface area contributed by atoms with Crippen LogP contribution in [0.1, 0.15) is 93.1 Å². The molecule has 6 rings (SSSR count). The Morgan fingerprint density at radius 3 is 2.46 bits per heavy atom. The van der Waals surface area contributed by atoms with E-state index < -0.39 is 6.09 Å². The van der Waals surface area contributed by atoms with E-state index >= 15 is 0 Å². The highest BCUT2D eigenvalue weighted by atomic mass is 16.6. The zero-order valence-corrected chi connectivity index (χ0v) is 27.0. The summed E-state index contributed by atoms with van der Waals surface area (Å²) < 4.78 is 16.7. The Balaban J connectivity index is 1.15. The van der Waals surface area contributed by atoms with Crippen molar-refractivity contribution in [3.8, 4) is 17.0 Å². The summed E-state index contributed by atoms with van der Waals surface area (Å²) in [4.78, 5) is 37.6. The Kier molecular flexibility index (Phi) is 10.2. The van der Waals surface area contributed by atoms with Gasteiger partial charge in [0.05, 0.1) is 13.7 Å². The zero-order chi connectivity index (χ0) is 32.0. The molecule has 0 spiro atoms. The number of aliphatic hydroxyl groups excluding tert-OH is 1. The van der Waals surface area contributed by atoms with Crippen molar-refractivity contribution in [2.24, 2.45) is 11.8 Å². The Hall–Kier alpha value is -3.92. The molecular weight excluding hydrogens is 584 g/mol. The van der Waals surface area contributed by atoms with Gasteiger partial charge in [0.15, 0.2) is 5.89 Å². The molecular formula is C36H46N4O6. The molecule has 0 unspecified atom stereocenters. The van der Waals surface area contributed by atoms with Crippen LogP contribution in [-0.4, -0.2) is 60.0 Å². The number of hydrogen-bond acceptors (Lipinski definition) is 8. The summed E-state index contributed by atoms with van der Waals surface area (Å²) in [5, 5.41) is 11.5. The molecule has 246 valence electrons. The molecule has 10 nitrogen and oxygen atoms in total. The lowest BCUT2D eigenvalue weighted by molar-refractivity contribution is -0.124. The van der Waals surface area contributed by atoms with Gasteiger partial charge in [-0.15, -0.1) is 0 Å². The van der Waals surface area contributed by atoms with Gasteiger partial charge in [-0.25, -0.2) is 14.8 Å². The maximum absolute atomic E-state index is 14.3. The number of ether oxygens (including phenoxy) is 2. The van der Waals surface area contributed by atoms with Crippen molar-refractivity contribution < 1.29 is 28.6 Å². The molecule has 0 bridgehead atoms. The monoisotopic (exact) mass is 630 g/mol. The average Bonchev–Trinajstić information content (AvgIpc) is 3.82. The van der Waals surface area contributed by atoms with Gasteiger partial charge in [-0.2, -0.15) is 0 Å². The van der Waals surface area contributed by atoms with E-state index in [9.17, 15) is 9.59 Å². The third-order valence-electron chi connectivity index (χ3n) is 9.89. The van der Waals surface area contributed by atoms with Gasteiger partial charge in [0.1, 0.15) is 29.6 Å². The minimum Gasteiger partial charge on any atom is -0.496 e. The second-order valence-corrected chi connectivity index (χ2v) is 13.2. The van der Waals surface area contributed by atoms with Crippen LogP contribution in [0.4, 0.5) is 10.6 Å². The van der Waals surface area contributed by atoms with Crippen LogP contribution in [0.3, 0.4) is 0 Å². The van der Waals surface area contributed by atoms with Crippen LogP contribution in [-0.2, 0) is 9.53 Å². The van der Waals surface area contributed by atoms with Crippen molar-refractivity contribution in [3.05, 3.63) is 59.8 Å². The van der Waals surface area contributed by atoms with E-state index in [0.29, 0.717) is 55.8 Å². The van der Waals surface area contributed by atoms with E-state index in [4.69, 9.17) is 29.0 Å². The fourth-order valence-corrected chi connectivity index (χ4v) is 7.05. The SMILES string of the molecule is COc1ccc(C2CCC(CN(C(=O)C3CCC(OC(=O)NCCO)CC3)c3cc(-c4coc(C5CC5)n4)ccn3)CC2)cc1C. The highest BCUT2D eigenvalue weighted by Gasteiger charge is 2.34. The molecule has 3 saturated carbocycles. The lowest BCUT2D eigenvalue weighted by atomic mass is 9.78. The molecule has 2 aromatic heterocycles. The molecule has 3 aliphatic carbocycles. The van der Waals surface area contributed by atoms with Crippen molar-refractivity contribution >= 4 is 17.8 Å². The van der Waals surface area contributed by atoms with Crippen molar-refractivity contribution in [3.63, 3.8) is 0 Å². The van der Waals surface area contributed by atoms with E-state index in [2.05, 4.69) is 30.4 Å². The van der Waals surface area contributed by atoms with E-state index in [1.54, 1.807) is 19.6 Å². The molecule has 2 N–H and O–H groups in total. The number of rotatable bonds is 11. The van der Waals surface area contributed by atoms with Crippen molar-refractivity contribution in [2.45, 2.75) is 89.1 Å². The fourth-order valence-electron chi connectivity index (χ4n) is 7.05. The topological polar surface area (TPSA) is 127 Å². The van der Waals surface area contributed by atoms with Crippen molar-refractivity contribution in [1.82, 2.24) is 15.3 Å². The molecule has 46 heavy (non-hydrogen) atoms. The minimum absolute atomic E-state index is 0.0829. The molecule has 10 heteroatoms. The van der Waals surface area contributed by atoms with Gasteiger partial charge in [-0.05, 0) is 112 Å². The van der Waals surface area contributed by atoms with Gasteiger partial charge in [-0.3, -0.25) is 9.69 Å². The first-order chi connectivity index (χ1) is 22.4. The van der Waals surface area contributed by atoms with Crippen LogP contribution < -0.4 is 15.0 Å². The minimum atomic E-state index is -0.524. The highest BCUT2D eigenvalue weighted by molar-refractivity contribution is 5.94. The van der Waals surface area contributed by atoms with E-state index in [-0.39, 0.29) is 31.1 Å². The molecule has 1 aromatic carbocycles. The second kappa shape index (κ2) is 14.7. The van der Waals surface area contributed by atoms with Gasteiger partial charge in [0.2, 0.25) is 5.91 Å². The smallest absolute Gasteiger partial charge is 0.407 e. The summed E-state index contributed by atoms with van der Waals surface area (Å²) in [6.07, 6.45) is 11.7. The predicted molar refractivity (Wildman–Crippen MR) is 174 cm³/mol. The number of pyridine rings is 1. The third kappa shape index (κ3) is 7.71. The lowest BCUT2D eigenvalue weighted by Gasteiger charge is -2.35. The molecule has 3 fully saturated rings. The highest BCUT2D eigenvalue weighted by Crippen LogP contribution is 2.41. The number of oxazole rings is 1. The number of amides is 2. The standard InChI is InChI=1S/C36H46N4O6/c1-23-19-28(11-14-32(23)44-2)25-5-3-24(4-6-25)21-40(35(42)27-9-12-30(13-10-27)46-36(43)38-17-18-41)33-20-29(15-16-37-33)31-22-45-34(39-31)26-7-8-26/h11,14-16,19-20,22,24-27,30,41H,3-10,12-13,17-18,21H2,1-2H3,(H,38,43). The first-order valence-electron chi connectivity index (χ1n) is 16.8. The number of aromatic nitrogens is 2. The lowest BCUT2D eigenvalue weighted by Crippen LogP contribution is -2.42. The Morgan fingerprint density at radius 2 is 1.76 bits per heavy atom.